The second kappa shape index (κ2) is 12.3. The minimum absolute atomic E-state index is 0.0903. The standard InChI is InChI=1S/C31H37N3O7S/c1-17-12-21-26(18(2)31(10-11-31)30(4,41)27(21)37)22(17)15-42-16-24(33-19(3)35)28(38)32-14-25(36)34-23(29(39)40)13-20-8-6-5-7-9-20/h5-9,12,23-24,41H,10-11,13-16H2,1-4H3,(H,32,38)(H,33,35)(H,34,36)(H,39,40)/t23-,24+,30-/m0/s1. The van der Waals surface area contributed by atoms with E-state index in [-0.39, 0.29) is 18.0 Å². The predicted molar refractivity (Wildman–Crippen MR) is 158 cm³/mol. The molecule has 3 aliphatic rings. The number of fused-ring (bicyclic) bond motifs is 1. The fourth-order valence-electron chi connectivity index (χ4n) is 5.89. The van der Waals surface area contributed by atoms with Crippen molar-refractivity contribution < 1.29 is 34.2 Å². The van der Waals surface area contributed by atoms with Crippen molar-refractivity contribution in [3.8, 4) is 0 Å². The molecule has 0 aliphatic heterocycles. The number of hydrogen-bond acceptors (Lipinski definition) is 7. The van der Waals surface area contributed by atoms with Crippen LogP contribution in [0.15, 0.2) is 64.3 Å². The molecule has 10 nitrogen and oxygen atoms in total. The average molecular weight is 596 g/mol. The topological polar surface area (TPSA) is 162 Å². The van der Waals surface area contributed by atoms with Crippen molar-refractivity contribution in [3.05, 3.63) is 69.8 Å². The van der Waals surface area contributed by atoms with E-state index in [9.17, 15) is 34.2 Å². The first-order valence-electron chi connectivity index (χ1n) is 13.9. The highest BCUT2D eigenvalue weighted by Crippen LogP contribution is 2.65. The summed E-state index contributed by atoms with van der Waals surface area (Å²) in [5.41, 5.74) is 3.11. The lowest BCUT2D eigenvalue weighted by Crippen LogP contribution is -2.51. The smallest absolute Gasteiger partial charge is 0.326 e. The van der Waals surface area contributed by atoms with Gasteiger partial charge in [-0.25, -0.2) is 4.79 Å². The number of carboxylic acids is 1. The minimum atomic E-state index is -1.43. The van der Waals surface area contributed by atoms with Crippen molar-refractivity contribution in [2.75, 3.05) is 18.1 Å². The molecule has 3 amide bonds. The molecule has 11 heteroatoms. The third-order valence-electron chi connectivity index (χ3n) is 8.43. The second-order valence-electron chi connectivity index (χ2n) is 11.3. The molecule has 1 aromatic rings. The number of carbonyl (C=O) groups excluding carboxylic acids is 4. The fraction of sp³-hybridized carbons (Fsp3) is 0.452. The van der Waals surface area contributed by atoms with Crippen LogP contribution in [0, 0.1) is 5.41 Å². The van der Waals surface area contributed by atoms with E-state index in [1.54, 1.807) is 37.3 Å². The lowest BCUT2D eigenvalue weighted by atomic mass is 9.67. The molecule has 4 rings (SSSR count). The molecule has 0 saturated heterocycles. The number of hydrogen-bond donors (Lipinski definition) is 5. The third kappa shape index (κ3) is 6.22. The Labute approximate surface area is 249 Å². The molecule has 0 heterocycles. The molecule has 1 aromatic carbocycles. The molecule has 0 radical (unpaired) electrons. The number of allylic oxidation sites excluding steroid dienone is 3. The van der Waals surface area contributed by atoms with E-state index < -0.39 is 53.3 Å². The summed E-state index contributed by atoms with van der Waals surface area (Å²) in [5, 5.41) is 28.1. The first kappa shape index (κ1) is 31.2. The zero-order valence-electron chi connectivity index (χ0n) is 24.2. The SMILES string of the molecule is CC(=O)N[C@H](CSCC1=C(C)C=C2C(=O)[C@](C)(O)C3(CC3)C(C)=C21)C(=O)NCC(=O)N[C@@H](Cc1ccccc1)C(=O)O. The quantitative estimate of drug-likeness (QED) is 0.245. The number of nitrogens with one attached hydrogen (secondary N) is 3. The van der Waals surface area contributed by atoms with Gasteiger partial charge in [-0.15, -0.1) is 0 Å². The van der Waals surface area contributed by atoms with Crippen molar-refractivity contribution in [2.24, 2.45) is 5.41 Å². The molecule has 224 valence electrons. The number of rotatable bonds is 12. The van der Waals surface area contributed by atoms with Gasteiger partial charge in [-0.3, -0.25) is 19.2 Å². The number of carbonyl (C=O) groups is 5. The fourth-order valence-corrected chi connectivity index (χ4v) is 7.06. The van der Waals surface area contributed by atoms with Crippen molar-refractivity contribution in [1.82, 2.24) is 16.0 Å². The maximum Gasteiger partial charge on any atom is 0.326 e. The molecular formula is C31H37N3O7S. The van der Waals surface area contributed by atoms with E-state index in [4.69, 9.17) is 0 Å². The molecule has 1 spiro atoms. The van der Waals surface area contributed by atoms with Crippen LogP contribution in [-0.2, 0) is 30.4 Å². The largest absolute Gasteiger partial charge is 0.480 e. The molecule has 1 saturated carbocycles. The Morgan fingerprint density at radius 3 is 2.31 bits per heavy atom. The summed E-state index contributed by atoms with van der Waals surface area (Å²) >= 11 is 1.41. The van der Waals surface area contributed by atoms with Crippen molar-refractivity contribution in [3.63, 3.8) is 0 Å². The van der Waals surface area contributed by atoms with Crippen LogP contribution in [0.2, 0.25) is 0 Å². The summed E-state index contributed by atoms with van der Waals surface area (Å²) in [6, 6.07) is 6.78. The Hall–Kier alpha value is -3.70. The maximum absolute atomic E-state index is 13.2. The second-order valence-corrected chi connectivity index (χ2v) is 12.4. The van der Waals surface area contributed by atoms with Crippen LogP contribution in [0.1, 0.15) is 46.1 Å². The number of thioether (sulfide) groups is 1. The molecule has 1 fully saturated rings. The summed E-state index contributed by atoms with van der Waals surface area (Å²) < 4.78 is 0. The number of aliphatic hydroxyl groups is 1. The van der Waals surface area contributed by atoms with E-state index in [1.165, 1.54) is 18.7 Å². The van der Waals surface area contributed by atoms with Crippen LogP contribution in [0.3, 0.4) is 0 Å². The predicted octanol–water partition coefficient (Wildman–Crippen LogP) is 1.84. The Balaban J connectivity index is 1.35. The van der Waals surface area contributed by atoms with Gasteiger partial charge in [0.15, 0.2) is 5.78 Å². The van der Waals surface area contributed by atoms with Crippen molar-refractivity contribution >= 4 is 41.2 Å². The van der Waals surface area contributed by atoms with Gasteiger partial charge in [-0.05, 0) is 62.0 Å². The minimum Gasteiger partial charge on any atom is -0.480 e. The molecule has 3 atom stereocenters. The molecule has 5 N–H and O–H groups in total. The van der Waals surface area contributed by atoms with Crippen molar-refractivity contribution in [1.29, 1.82) is 0 Å². The Morgan fingerprint density at radius 2 is 1.71 bits per heavy atom. The summed E-state index contributed by atoms with van der Waals surface area (Å²) in [5.74, 6) is -2.43. The number of ketones is 1. The number of amides is 3. The Morgan fingerprint density at radius 1 is 1.05 bits per heavy atom. The van der Waals surface area contributed by atoms with Gasteiger partial charge >= 0.3 is 5.97 Å². The van der Waals surface area contributed by atoms with Gasteiger partial charge in [-0.2, -0.15) is 11.8 Å². The number of Topliss-reactive ketones (excluding diaryl/α,β-unsaturated/α-hetero) is 1. The third-order valence-corrected chi connectivity index (χ3v) is 9.50. The monoisotopic (exact) mass is 595 g/mol. The maximum atomic E-state index is 13.2. The van der Waals surface area contributed by atoms with Crippen LogP contribution in [-0.4, -0.2) is 75.4 Å². The molecule has 42 heavy (non-hydrogen) atoms. The summed E-state index contributed by atoms with van der Waals surface area (Å²) in [6.45, 7) is 6.34. The molecule has 3 aliphatic carbocycles. The number of benzene rings is 1. The van der Waals surface area contributed by atoms with Crippen LogP contribution in [0.25, 0.3) is 0 Å². The van der Waals surface area contributed by atoms with Crippen molar-refractivity contribution in [2.45, 2.75) is 64.6 Å². The normalized spacial score (nSPS) is 21.8. The highest BCUT2D eigenvalue weighted by molar-refractivity contribution is 7.99. The van der Waals surface area contributed by atoms with Gasteiger partial charge in [0, 0.05) is 35.8 Å². The van der Waals surface area contributed by atoms with Gasteiger partial charge in [0.25, 0.3) is 0 Å². The highest BCUT2D eigenvalue weighted by atomic mass is 32.2. The first-order valence-corrected chi connectivity index (χ1v) is 15.0. The van der Waals surface area contributed by atoms with E-state index in [0.29, 0.717) is 11.3 Å². The Kier molecular flexibility index (Phi) is 9.12. The molecular weight excluding hydrogens is 558 g/mol. The molecule has 0 bridgehead atoms. The van der Waals surface area contributed by atoms with E-state index in [0.717, 1.165) is 40.7 Å². The van der Waals surface area contributed by atoms with E-state index >= 15 is 0 Å². The average Bonchev–Trinajstić information content (AvgIpc) is 3.69. The van der Waals surface area contributed by atoms with Crippen LogP contribution >= 0.6 is 11.8 Å². The number of carboxylic acid groups (broad SMARTS) is 1. The summed E-state index contributed by atoms with van der Waals surface area (Å²) in [4.78, 5) is 62.1. The van der Waals surface area contributed by atoms with Gasteiger partial charge in [0.2, 0.25) is 17.7 Å². The van der Waals surface area contributed by atoms with E-state index in [1.807, 2.05) is 19.9 Å². The zero-order valence-corrected chi connectivity index (χ0v) is 25.0. The Bertz CT molecular complexity index is 1410. The first-order chi connectivity index (χ1) is 19.8. The lowest BCUT2D eigenvalue weighted by molar-refractivity contribution is -0.141. The van der Waals surface area contributed by atoms with Gasteiger partial charge < -0.3 is 26.2 Å². The molecule has 0 aromatic heterocycles. The number of aliphatic carboxylic acids is 1. The van der Waals surface area contributed by atoms with Gasteiger partial charge in [-0.1, -0.05) is 35.9 Å². The zero-order chi connectivity index (χ0) is 30.8. The van der Waals surface area contributed by atoms with Gasteiger partial charge in [0.1, 0.15) is 17.7 Å². The lowest BCUT2D eigenvalue weighted by Gasteiger charge is -2.39. The summed E-state index contributed by atoms with van der Waals surface area (Å²) in [7, 11) is 0. The van der Waals surface area contributed by atoms with Crippen LogP contribution < -0.4 is 16.0 Å². The van der Waals surface area contributed by atoms with Crippen LogP contribution in [0.5, 0.6) is 0 Å². The molecule has 0 unspecified atom stereocenters. The van der Waals surface area contributed by atoms with Crippen LogP contribution in [0.4, 0.5) is 0 Å². The van der Waals surface area contributed by atoms with Gasteiger partial charge in [0.05, 0.1) is 6.54 Å². The highest BCUT2D eigenvalue weighted by Gasteiger charge is 2.65. The summed E-state index contributed by atoms with van der Waals surface area (Å²) in [6.07, 6.45) is 3.42. The van der Waals surface area contributed by atoms with E-state index in [2.05, 4.69) is 16.0 Å².